The van der Waals surface area contributed by atoms with E-state index in [1.54, 1.807) is 11.8 Å². The maximum Gasteiger partial charge on any atom is 0.224 e. The van der Waals surface area contributed by atoms with Crippen molar-refractivity contribution in [1.29, 1.82) is 0 Å². The quantitative estimate of drug-likeness (QED) is 0.545. The first kappa shape index (κ1) is 18.9. The Kier molecular flexibility index (Phi) is 6.39. The van der Waals surface area contributed by atoms with Gasteiger partial charge in [0, 0.05) is 28.2 Å². The zero-order valence-electron chi connectivity index (χ0n) is 14.5. The largest absolute Gasteiger partial charge is 0.325 e. The van der Waals surface area contributed by atoms with Crippen LogP contribution in [0.15, 0.2) is 88.7 Å². The van der Waals surface area contributed by atoms with Crippen molar-refractivity contribution < 1.29 is 14.0 Å². The molecule has 0 atom stereocenters. The molecule has 3 aromatic carbocycles. The van der Waals surface area contributed by atoms with Crippen molar-refractivity contribution in [2.45, 2.75) is 22.6 Å². The summed E-state index contributed by atoms with van der Waals surface area (Å²) in [5.41, 5.74) is 1.12. The molecule has 3 nitrogen and oxygen atoms in total. The van der Waals surface area contributed by atoms with Crippen molar-refractivity contribution in [3.63, 3.8) is 0 Å². The van der Waals surface area contributed by atoms with Crippen molar-refractivity contribution in [2.75, 3.05) is 5.32 Å². The van der Waals surface area contributed by atoms with Gasteiger partial charge in [-0.2, -0.15) is 0 Å². The normalized spacial score (nSPS) is 10.4. The average molecular weight is 379 g/mol. The van der Waals surface area contributed by atoms with Gasteiger partial charge >= 0.3 is 0 Å². The molecule has 0 saturated carbocycles. The van der Waals surface area contributed by atoms with Crippen molar-refractivity contribution in [3.05, 3.63) is 90.2 Å². The van der Waals surface area contributed by atoms with Crippen LogP contribution in [0.3, 0.4) is 0 Å². The highest BCUT2D eigenvalue weighted by molar-refractivity contribution is 7.99. The minimum Gasteiger partial charge on any atom is -0.325 e. The number of hydrogen-bond donors (Lipinski definition) is 1. The van der Waals surface area contributed by atoms with Gasteiger partial charge in [-0.1, -0.05) is 42.1 Å². The molecule has 0 fully saturated rings. The molecule has 0 spiro atoms. The Morgan fingerprint density at radius 2 is 1.48 bits per heavy atom. The number of Topliss-reactive ketones (excluding diaryl/α,β-unsaturated/α-hetero) is 1. The highest BCUT2D eigenvalue weighted by Crippen LogP contribution is 2.33. The van der Waals surface area contributed by atoms with Gasteiger partial charge in [0.05, 0.1) is 5.69 Å². The molecule has 0 heterocycles. The van der Waals surface area contributed by atoms with Crippen LogP contribution in [0.4, 0.5) is 10.1 Å². The molecule has 5 heteroatoms. The molecule has 0 aromatic heterocycles. The SMILES string of the molecule is O=C(CCC(=O)c1ccc(F)cc1)Nc1ccccc1Sc1ccccc1. The first-order valence-electron chi connectivity index (χ1n) is 8.52. The van der Waals surface area contributed by atoms with Gasteiger partial charge in [0.25, 0.3) is 0 Å². The highest BCUT2D eigenvalue weighted by Gasteiger charge is 2.12. The molecule has 0 saturated heterocycles. The van der Waals surface area contributed by atoms with E-state index >= 15 is 0 Å². The predicted octanol–water partition coefficient (Wildman–Crippen LogP) is 5.58. The first-order valence-corrected chi connectivity index (χ1v) is 9.34. The number of benzene rings is 3. The molecule has 27 heavy (non-hydrogen) atoms. The molecule has 1 N–H and O–H groups in total. The molecule has 3 rings (SSSR count). The molecule has 0 aliphatic heterocycles. The van der Waals surface area contributed by atoms with Crippen molar-refractivity contribution in [1.82, 2.24) is 0 Å². The zero-order chi connectivity index (χ0) is 19.1. The molecular formula is C22H18FNO2S. The van der Waals surface area contributed by atoms with Gasteiger partial charge in [-0.05, 0) is 48.5 Å². The van der Waals surface area contributed by atoms with E-state index in [0.29, 0.717) is 11.3 Å². The lowest BCUT2D eigenvalue weighted by molar-refractivity contribution is -0.116. The lowest BCUT2D eigenvalue weighted by Gasteiger charge is -2.10. The third kappa shape index (κ3) is 5.53. The molecule has 0 unspecified atom stereocenters. The van der Waals surface area contributed by atoms with Crippen LogP contribution < -0.4 is 5.32 Å². The number of carbonyl (C=O) groups is 2. The summed E-state index contributed by atoms with van der Waals surface area (Å²) in [7, 11) is 0. The van der Waals surface area contributed by atoms with E-state index in [9.17, 15) is 14.0 Å². The van der Waals surface area contributed by atoms with Gasteiger partial charge in [-0.3, -0.25) is 9.59 Å². The third-order valence-electron chi connectivity index (χ3n) is 3.88. The molecule has 1 amide bonds. The van der Waals surface area contributed by atoms with Crippen LogP contribution in [0, 0.1) is 5.82 Å². The Bertz CT molecular complexity index is 927. The molecule has 3 aromatic rings. The first-order chi connectivity index (χ1) is 13.1. The second-order valence-corrected chi connectivity index (χ2v) is 7.00. The Labute approximate surface area is 161 Å². The summed E-state index contributed by atoms with van der Waals surface area (Å²) in [6.07, 6.45) is 0.145. The number of anilines is 1. The fourth-order valence-corrected chi connectivity index (χ4v) is 3.42. The van der Waals surface area contributed by atoms with E-state index in [0.717, 1.165) is 9.79 Å². The Morgan fingerprint density at radius 1 is 0.815 bits per heavy atom. The second kappa shape index (κ2) is 9.14. The molecule has 0 bridgehead atoms. The maximum absolute atomic E-state index is 12.9. The summed E-state index contributed by atoms with van der Waals surface area (Å²) in [6, 6.07) is 22.8. The van der Waals surface area contributed by atoms with Crippen LogP contribution in [0.2, 0.25) is 0 Å². The second-order valence-electron chi connectivity index (χ2n) is 5.89. The monoisotopic (exact) mass is 379 g/mol. The molecule has 0 aliphatic rings. The molecule has 136 valence electrons. The van der Waals surface area contributed by atoms with Crippen molar-refractivity contribution in [2.24, 2.45) is 0 Å². The van der Waals surface area contributed by atoms with Gasteiger partial charge in [0.2, 0.25) is 5.91 Å². The van der Waals surface area contributed by atoms with E-state index < -0.39 is 5.82 Å². The summed E-state index contributed by atoms with van der Waals surface area (Å²) >= 11 is 1.56. The smallest absolute Gasteiger partial charge is 0.224 e. The summed E-state index contributed by atoms with van der Waals surface area (Å²) in [5.74, 6) is -0.805. The molecular weight excluding hydrogens is 361 g/mol. The van der Waals surface area contributed by atoms with Crippen molar-refractivity contribution >= 4 is 29.1 Å². The van der Waals surface area contributed by atoms with E-state index in [-0.39, 0.29) is 24.5 Å². The van der Waals surface area contributed by atoms with Gasteiger partial charge in [0.15, 0.2) is 5.78 Å². The average Bonchev–Trinajstić information content (AvgIpc) is 2.69. The Hall–Kier alpha value is -2.92. The van der Waals surface area contributed by atoms with E-state index in [1.807, 2.05) is 54.6 Å². The van der Waals surface area contributed by atoms with Gasteiger partial charge < -0.3 is 5.32 Å². The van der Waals surface area contributed by atoms with E-state index in [1.165, 1.54) is 24.3 Å². The Balaban J connectivity index is 1.59. The van der Waals surface area contributed by atoms with Crippen LogP contribution in [0.25, 0.3) is 0 Å². The molecule has 0 aliphatic carbocycles. The number of hydrogen-bond acceptors (Lipinski definition) is 3. The van der Waals surface area contributed by atoms with Gasteiger partial charge in [-0.15, -0.1) is 0 Å². The number of amides is 1. The number of carbonyl (C=O) groups excluding carboxylic acids is 2. The third-order valence-corrected chi connectivity index (χ3v) is 4.96. The van der Waals surface area contributed by atoms with E-state index in [4.69, 9.17) is 0 Å². The summed E-state index contributed by atoms with van der Waals surface area (Å²) < 4.78 is 12.9. The number of rotatable bonds is 7. The fraction of sp³-hybridized carbons (Fsp3) is 0.0909. The van der Waals surface area contributed by atoms with Crippen LogP contribution in [-0.4, -0.2) is 11.7 Å². The van der Waals surface area contributed by atoms with Crippen molar-refractivity contribution in [3.8, 4) is 0 Å². The van der Waals surface area contributed by atoms with Crippen LogP contribution >= 0.6 is 11.8 Å². The van der Waals surface area contributed by atoms with Crippen LogP contribution in [0.1, 0.15) is 23.2 Å². The highest BCUT2D eigenvalue weighted by atomic mass is 32.2. The minimum atomic E-state index is -0.392. The van der Waals surface area contributed by atoms with Crippen LogP contribution in [-0.2, 0) is 4.79 Å². The lowest BCUT2D eigenvalue weighted by Crippen LogP contribution is -2.14. The summed E-state index contributed by atoms with van der Waals surface area (Å²) in [6.45, 7) is 0. The van der Waals surface area contributed by atoms with E-state index in [2.05, 4.69) is 5.32 Å². The van der Waals surface area contributed by atoms with Crippen LogP contribution in [0.5, 0.6) is 0 Å². The molecule has 0 radical (unpaired) electrons. The number of para-hydroxylation sites is 1. The number of ketones is 1. The lowest BCUT2D eigenvalue weighted by atomic mass is 10.1. The topological polar surface area (TPSA) is 46.2 Å². The predicted molar refractivity (Wildman–Crippen MR) is 106 cm³/mol. The minimum absolute atomic E-state index is 0.0700. The number of halogens is 1. The Morgan fingerprint density at radius 3 is 2.22 bits per heavy atom. The zero-order valence-corrected chi connectivity index (χ0v) is 15.3. The van der Waals surface area contributed by atoms with Gasteiger partial charge in [-0.25, -0.2) is 4.39 Å². The maximum atomic E-state index is 12.9. The fourth-order valence-electron chi connectivity index (χ4n) is 2.49. The number of nitrogens with one attached hydrogen (secondary N) is 1. The van der Waals surface area contributed by atoms with Gasteiger partial charge in [0.1, 0.15) is 5.82 Å². The summed E-state index contributed by atoms with van der Waals surface area (Å²) in [5, 5.41) is 2.87. The summed E-state index contributed by atoms with van der Waals surface area (Å²) in [4.78, 5) is 26.4. The standard InChI is InChI=1S/C22H18FNO2S/c23-17-12-10-16(11-13-17)20(25)14-15-22(26)24-19-8-4-5-9-21(19)27-18-6-2-1-3-7-18/h1-13H,14-15H2,(H,24,26).